The number of hydrogen-bond donors (Lipinski definition) is 1. The third kappa shape index (κ3) is 3.64. The fourth-order valence-corrected chi connectivity index (χ4v) is 1.82. The van der Waals surface area contributed by atoms with Gasteiger partial charge in [0, 0.05) is 0 Å². The van der Waals surface area contributed by atoms with Gasteiger partial charge < -0.3 is 4.74 Å². The van der Waals surface area contributed by atoms with Crippen molar-refractivity contribution in [1.82, 2.24) is 0 Å². The Balaban J connectivity index is 2.26. The van der Waals surface area contributed by atoms with E-state index >= 15 is 0 Å². The number of rotatable bonds is 5. The van der Waals surface area contributed by atoms with Crippen LogP contribution in [0, 0.1) is 0 Å². The second-order valence-electron chi connectivity index (χ2n) is 4.00. The topological polar surface area (TPSA) is 61.5 Å². The van der Waals surface area contributed by atoms with Gasteiger partial charge in [-0.1, -0.05) is 60.7 Å². The fraction of sp³-hybridized carbons (Fsp3) is 0.133. The van der Waals surface area contributed by atoms with Crippen LogP contribution in [0.5, 0.6) is 0 Å². The van der Waals surface area contributed by atoms with Crippen LogP contribution in [-0.4, -0.2) is 12.6 Å². The Hall–Kier alpha value is -2.17. The first-order valence-corrected chi connectivity index (χ1v) is 5.92. The van der Waals surface area contributed by atoms with Gasteiger partial charge in [0.15, 0.2) is 12.7 Å². The highest BCUT2D eigenvalue weighted by Crippen LogP contribution is 2.25. The number of ether oxygens (including phenoxy) is 1. The van der Waals surface area contributed by atoms with Crippen LogP contribution in [0.2, 0.25) is 0 Å². The molecule has 0 aliphatic rings. The quantitative estimate of drug-likeness (QED) is 0.659. The molecule has 0 aliphatic heterocycles. The van der Waals surface area contributed by atoms with Gasteiger partial charge in [-0.2, -0.15) is 0 Å². The molecule has 0 spiro atoms. The second kappa shape index (κ2) is 6.68. The minimum Gasteiger partial charge on any atom is -0.451 e. The second-order valence-corrected chi connectivity index (χ2v) is 4.00. The summed E-state index contributed by atoms with van der Waals surface area (Å²) in [5.74, 6) is 4.38. The lowest BCUT2D eigenvalue weighted by Gasteiger charge is -2.18. The Morgan fingerprint density at radius 2 is 1.42 bits per heavy atom. The molecular weight excluding hydrogens is 242 g/mol. The number of benzene rings is 2. The molecule has 0 heterocycles. The van der Waals surface area contributed by atoms with Gasteiger partial charge in [-0.25, -0.2) is 10.7 Å². The molecule has 4 heteroatoms. The van der Waals surface area contributed by atoms with Gasteiger partial charge in [-0.05, 0) is 11.1 Å². The van der Waals surface area contributed by atoms with Crippen LogP contribution in [0.4, 0.5) is 0 Å². The molecule has 4 nitrogen and oxygen atoms in total. The third-order valence-electron chi connectivity index (χ3n) is 2.66. The predicted octanol–water partition coefficient (Wildman–Crippen LogP) is 2.21. The minimum atomic E-state index is -0.500. The first-order valence-electron chi connectivity index (χ1n) is 5.92. The van der Waals surface area contributed by atoms with E-state index in [-0.39, 0.29) is 6.61 Å². The fourth-order valence-electron chi connectivity index (χ4n) is 1.82. The lowest BCUT2D eigenvalue weighted by Crippen LogP contribution is -2.19. The van der Waals surface area contributed by atoms with Crippen molar-refractivity contribution < 1.29 is 14.4 Å². The van der Waals surface area contributed by atoms with E-state index in [2.05, 4.69) is 4.84 Å². The molecule has 2 aromatic rings. The van der Waals surface area contributed by atoms with Crippen molar-refractivity contribution in [3.05, 3.63) is 71.8 Å². The molecule has 2 N–H and O–H groups in total. The van der Waals surface area contributed by atoms with Gasteiger partial charge >= 0.3 is 5.97 Å². The van der Waals surface area contributed by atoms with Crippen LogP contribution in [0.1, 0.15) is 17.2 Å². The Labute approximate surface area is 111 Å². The summed E-state index contributed by atoms with van der Waals surface area (Å²) >= 11 is 0. The SMILES string of the molecule is NOCC(=O)OC(c1ccccc1)c1ccccc1. The van der Waals surface area contributed by atoms with E-state index in [1.54, 1.807) is 0 Å². The maximum Gasteiger partial charge on any atom is 0.335 e. The van der Waals surface area contributed by atoms with E-state index in [0.717, 1.165) is 11.1 Å². The van der Waals surface area contributed by atoms with E-state index < -0.39 is 12.1 Å². The number of esters is 1. The molecule has 0 unspecified atom stereocenters. The van der Waals surface area contributed by atoms with Crippen molar-refractivity contribution in [2.24, 2.45) is 5.90 Å². The van der Waals surface area contributed by atoms with Gasteiger partial charge in [-0.3, -0.25) is 4.84 Å². The summed E-state index contributed by atoms with van der Waals surface area (Å²) < 4.78 is 5.42. The number of hydrogen-bond acceptors (Lipinski definition) is 4. The van der Waals surface area contributed by atoms with Crippen LogP contribution in [0.15, 0.2) is 60.7 Å². The van der Waals surface area contributed by atoms with Gasteiger partial charge in [0.1, 0.15) is 0 Å². The smallest absolute Gasteiger partial charge is 0.335 e. The van der Waals surface area contributed by atoms with Gasteiger partial charge in [0.05, 0.1) is 0 Å². The highest BCUT2D eigenvalue weighted by atomic mass is 16.6. The van der Waals surface area contributed by atoms with Crippen LogP contribution in [-0.2, 0) is 14.4 Å². The molecule has 2 rings (SSSR count). The average Bonchev–Trinajstić information content (AvgIpc) is 2.47. The zero-order valence-corrected chi connectivity index (χ0v) is 10.4. The lowest BCUT2D eigenvalue weighted by molar-refractivity contribution is -0.153. The molecule has 2 aromatic carbocycles. The van der Waals surface area contributed by atoms with E-state index in [0.29, 0.717) is 0 Å². The molecule has 98 valence electrons. The Kier molecular flexibility index (Phi) is 4.66. The molecule has 0 saturated heterocycles. The molecule has 0 bridgehead atoms. The van der Waals surface area contributed by atoms with Crippen molar-refractivity contribution in [3.63, 3.8) is 0 Å². The highest BCUT2D eigenvalue weighted by molar-refractivity contribution is 5.71. The standard InChI is InChI=1S/C15H15NO3/c16-18-11-14(17)19-15(12-7-3-1-4-8-12)13-9-5-2-6-10-13/h1-10,15H,11,16H2. The first kappa shape index (κ1) is 13.3. The third-order valence-corrected chi connectivity index (χ3v) is 2.66. The summed E-state index contributed by atoms with van der Waals surface area (Å²) in [7, 11) is 0. The maximum atomic E-state index is 11.6. The van der Waals surface area contributed by atoms with E-state index in [1.165, 1.54) is 0 Å². The van der Waals surface area contributed by atoms with Crippen LogP contribution in [0.25, 0.3) is 0 Å². The Morgan fingerprint density at radius 1 is 0.947 bits per heavy atom. The zero-order chi connectivity index (χ0) is 13.5. The highest BCUT2D eigenvalue weighted by Gasteiger charge is 2.18. The largest absolute Gasteiger partial charge is 0.451 e. The van der Waals surface area contributed by atoms with Crippen molar-refractivity contribution in [3.8, 4) is 0 Å². The van der Waals surface area contributed by atoms with Crippen LogP contribution < -0.4 is 5.90 Å². The normalized spacial score (nSPS) is 10.4. The summed E-state index contributed by atoms with van der Waals surface area (Å²) in [5, 5.41) is 0. The van der Waals surface area contributed by atoms with Crippen LogP contribution in [0.3, 0.4) is 0 Å². The summed E-state index contributed by atoms with van der Waals surface area (Å²) in [5.41, 5.74) is 1.80. The molecule has 0 fully saturated rings. The maximum absolute atomic E-state index is 11.6. The van der Waals surface area contributed by atoms with Crippen LogP contribution >= 0.6 is 0 Å². The minimum absolute atomic E-state index is 0.268. The van der Waals surface area contributed by atoms with Gasteiger partial charge in [0.25, 0.3) is 0 Å². The summed E-state index contributed by atoms with van der Waals surface area (Å²) in [6.45, 7) is -0.268. The van der Waals surface area contributed by atoms with E-state index in [9.17, 15) is 4.79 Å². The summed E-state index contributed by atoms with van der Waals surface area (Å²) in [4.78, 5) is 15.9. The molecule has 19 heavy (non-hydrogen) atoms. The Bertz CT molecular complexity index is 474. The predicted molar refractivity (Wildman–Crippen MR) is 71.0 cm³/mol. The van der Waals surface area contributed by atoms with Gasteiger partial charge in [-0.15, -0.1) is 0 Å². The van der Waals surface area contributed by atoms with Crippen molar-refractivity contribution >= 4 is 5.97 Å². The van der Waals surface area contributed by atoms with Gasteiger partial charge in [0.2, 0.25) is 0 Å². The summed E-state index contributed by atoms with van der Waals surface area (Å²) in [6.07, 6.45) is -0.454. The summed E-state index contributed by atoms with van der Waals surface area (Å²) in [6, 6.07) is 19.1. The van der Waals surface area contributed by atoms with E-state index in [4.69, 9.17) is 10.6 Å². The molecule has 0 atom stereocenters. The van der Waals surface area contributed by atoms with Crippen molar-refractivity contribution in [2.45, 2.75) is 6.10 Å². The zero-order valence-electron chi connectivity index (χ0n) is 10.4. The monoisotopic (exact) mass is 257 g/mol. The molecule has 0 saturated carbocycles. The van der Waals surface area contributed by atoms with Crippen molar-refractivity contribution in [1.29, 1.82) is 0 Å². The first-order chi connectivity index (χ1) is 9.31. The molecule has 0 aromatic heterocycles. The lowest BCUT2D eigenvalue weighted by atomic mass is 10.0. The molecular formula is C15H15NO3. The molecule has 0 radical (unpaired) electrons. The molecule has 0 amide bonds. The van der Waals surface area contributed by atoms with E-state index in [1.807, 2.05) is 60.7 Å². The number of carbonyl (C=O) groups excluding carboxylic acids is 1. The average molecular weight is 257 g/mol. The Morgan fingerprint density at radius 3 is 1.84 bits per heavy atom. The number of nitrogens with two attached hydrogens (primary N) is 1. The number of carbonyl (C=O) groups is 1. The van der Waals surface area contributed by atoms with Crippen molar-refractivity contribution in [2.75, 3.05) is 6.61 Å². The molecule has 0 aliphatic carbocycles.